The normalized spacial score (nSPS) is 12.4. The second-order valence-electron chi connectivity index (χ2n) is 5.63. The maximum absolute atomic E-state index is 13.4. The molecule has 0 aliphatic heterocycles. The van der Waals surface area contributed by atoms with Crippen LogP contribution in [0.25, 0.3) is 10.9 Å². The second kappa shape index (κ2) is 7.03. The maximum Gasteiger partial charge on any atom is 0.322 e. The van der Waals surface area contributed by atoms with Crippen LogP contribution in [-0.4, -0.2) is 21.7 Å². The number of aliphatic carboxylic acids is 1. The summed E-state index contributed by atoms with van der Waals surface area (Å²) < 4.78 is 15.4. The van der Waals surface area contributed by atoms with Gasteiger partial charge in [0, 0.05) is 30.1 Å². The summed E-state index contributed by atoms with van der Waals surface area (Å²) in [4.78, 5) is 13.5. The van der Waals surface area contributed by atoms with Crippen molar-refractivity contribution in [3.63, 3.8) is 0 Å². The van der Waals surface area contributed by atoms with E-state index >= 15 is 0 Å². The van der Waals surface area contributed by atoms with Crippen LogP contribution in [0.4, 0.5) is 4.39 Å². The van der Waals surface area contributed by atoms with Crippen LogP contribution in [0.5, 0.6) is 0 Å². The van der Waals surface area contributed by atoms with E-state index in [9.17, 15) is 14.3 Å². The topological polar surface area (TPSA) is 54.3 Å². The molecule has 3 rings (SSSR count). The van der Waals surface area contributed by atoms with Gasteiger partial charge in [-0.25, -0.2) is 9.23 Å². The SMILES string of the molecule is O=C(O)[C@H](Cc1cn(Cc2cccc(F)c2)c2ccccc12)NCl. The zero-order valence-electron chi connectivity index (χ0n) is 12.7. The molecule has 0 saturated heterocycles. The van der Waals surface area contributed by atoms with Crippen molar-refractivity contribution in [2.75, 3.05) is 0 Å². The number of para-hydroxylation sites is 1. The van der Waals surface area contributed by atoms with E-state index in [0.717, 1.165) is 22.0 Å². The molecule has 3 aromatic rings. The number of rotatable bonds is 6. The number of hydrogen-bond acceptors (Lipinski definition) is 2. The lowest BCUT2D eigenvalue weighted by Gasteiger charge is -2.08. The van der Waals surface area contributed by atoms with E-state index in [-0.39, 0.29) is 12.2 Å². The van der Waals surface area contributed by atoms with E-state index in [1.165, 1.54) is 12.1 Å². The highest BCUT2D eigenvalue weighted by atomic mass is 35.5. The van der Waals surface area contributed by atoms with Gasteiger partial charge in [0.2, 0.25) is 0 Å². The summed E-state index contributed by atoms with van der Waals surface area (Å²) in [5, 5.41) is 10.1. The van der Waals surface area contributed by atoms with Gasteiger partial charge >= 0.3 is 5.97 Å². The van der Waals surface area contributed by atoms with Gasteiger partial charge in [-0.15, -0.1) is 0 Å². The molecule has 2 aromatic carbocycles. The number of nitrogens with zero attached hydrogens (tertiary/aromatic N) is 1. The molecule has 0 unspecified atom stereocenters. The molecule has 1 atom stereocenters. The number of nitrogens with one attached hydrogen (secondary N) is 1. The first-order valence-electron chi connectivity index (χ1n) is 7.48. The highest BCUT2D eigenvalue weighted by Gasteiger charge is 2.19. The number of hydrogen-bond donors (Lipinski definition) is 2. The lowest BCUT2D eigenvalue weighted by atomic mass is 10.1. The number of benzene rings is 2. The Hall–Kier alpha value is -2.37. The van der Waals surface area contributed by atoms with Crippen LogP contribution in [0.3, 0.4) is 0 Å². The fraction of sp³-hybridized carbons (Fsp3) is 0.167. The molecular formula is C18H16ClFN2O2. The number of fused-ring (bicyclic) bond motifs is 1. The Kier molecular flexibility index (Phi) is 4.83. The number of carbonyl (C=O) groups is 1. The Morgan fingerprint density at radius 2 is 2.04 bits per heavy atom. The number of carboxylic acid groups (broad SMARTS) is 1. The van der Waals surface area contributed by atoms with Gasteiger partial charge in [-0.1, -0.05) is 30.3 Å². The highest BCUT2D eigenvalue weighted by molar-refractivity contribution is 6.14. The van der Waals surface area contributed by atoms with Crippen molar-refractivity contribution in [3.8, 4) is 0 Å². The van der Waals surface area contributed by atoms with Crippen molar-refractivity contribution in [1.82, 2.24) is 9.40 Å². The van der Waals surface area contributed by atoms with Crippen molar-refractivity contribution in [3.05, 3.63) is 71.7 Å². The van der Waals surface area contributed by atoms with Gasteiger partial charge in [0.05, 0.1) is 0 Å². The largest absolute Gasteiger partial charge is 0.480 e. The minimum Gasteiger partial charge on any atom is -0.480 e. The maximum atomic E-state index is 13.4. The molecule has 0 amide bonds. The number of carboxylic acids is 1. The molecule has 0 aliphatic rings. The monoisotopic (exact) mass is 346 g/mol. The Bertz CT molecular complexity index is 878. The van der Waals surface area contributed by atoms with Gasteiger partial charge in [0.25, 0.3) is 0 Å². The average molecular weight is 347 g/mol. The van der Waals surface area contributed by atoms with E-state index in [4.69, 9.17) is 11.8 Å². The summed E-state index contributed by atoms with van der Waals surface area (Å²) in [6.07, 6.45) is 2.16. The first kappa shape index (κ1) is 16.5. The van der Waals surface area contributed by atoms with E-state index < -0.39 is 12.0 Å². The van der Waals surface area contributed by atoms with Crippen molar-refractivity contribution >= 4 is 28.6 Å². The van der Waals surface area contributed by atoms with Crippen LogP contribution in [0, 0.1) is 5.82 Å². The zero-order valence-corrected chi connectivity index (χ0v) is 13.5. The van der Waals surface area contributed by atoms with Crippen LogP contribution in [0.2, 0.25) is 0 Å². The Balaban J connectivity index is 1.98. The average Bonchev–Trinajstić information content (AvgIpc) is 2.90. The summed E-state index contributed by atoms with van der Waals surface area (Å²) in [7, 11) is 0. The van der Waals surface area contributed by atoms with E-state index in [2.05, 4.69) is 4.84 Å². The summed E-state index contributed by atoms with van der Waals surface area (Å²) in [5.74, 6) is -1.28. The van der Waals surface area contributed by atoms with E-state index in [0.29, 0.717) is 6.54 Å². The summed E-state index contributed by atoms with van der Waals surface area (Å²) >= 11 is 5.54. The van der Waals surface area contributed by atoms with Crippen molar-refractivity contribution < 1.29 is 14.3 Å². The van der Waals surface area contributed by atoms with E-state index in [1.54, 1.807) is 6.07 Å². The molecular weight excluding hydrogens is 331 g/mol. The highest BCUT2D eigenvalue weighted by Crippen LogP contribution is 2.24. The molecule has 0 bridgehead atoms. The Labute approximate surface area is 143 Å². The van der Waals surface area contributed by atoms with Gasteiger partial charge in [-0.3, -0.25) is 4.79 Å². The molecule has 0 aliphatic carbocycles. The third kappa shape index (κ3) is 3.42. The fourth-order valence-electron chi connectivity index (χ4n) is 2.84. The number of aromatic nitrogens is 1. The standard InChI is InChI=1S/C18H16ClFN2O2/c19-21-16(18(23)24)9-13-11-22(17-7-2-1-6-15(13)17)10-12-4-3-5-14(20)8-12/h1-8,11,16,21H,9-10H2,(H,23,24)/t16-/m0/s1. The molecule has 0 fully saturated rings. The molecule has 0 saturated carbocycles. The molecule has 0 radical (unpaired) electrons. The van der Waals surface area contributed by atoms with Gasteiger partial charge < -0.3 is 9.67 Å². The summed E-state index contributed by atoms with van der Waals surface area (Å²) in [6.45, 7) is 0.504. The third-order valence-corrected chi connectivity index (χ3v) is 4.23. The lowest BCUT2D eigenvalue weighted by Crippen LogP contribution is -2.32. The Morgan fingerprint density at radius 3 is 2.75 bits per heavy atom. The van der Waals surface area contributed by atoms with Gasteiger partial charge in [0.15, 0.2) is 0 Å². The smallest absolute Gasteiger partial charge is 0.322 e. The van der Waals surface area contributed by atoms with Gasteiger partial charge in [-0.05, 0) is 41.1 Å². The van der Waals surface area contributed by atoms with Crippen molar-refractivity contribution in [2.24, 2.45) is 0 Å². The van der Waals surface area contributed by atoms with Crippen LogP contribution in [0.15, 0.2) is 54.7 Å². The molecule has 124 valence electrons. The third-order valence-electron chi connectivity index (χ3n) is 3.97. The fourth-order valence-corrected chi connectivity index (χ4v) is 3.01. The zero-order chi connectivity index (χ0) is 17.1. The van der Waals surface area contributed by atoms with Crippen LogP contribution >= 0.6 is 11.8 Å². The molecule has 0 spiro atoms. The molecule has 6 heteroatoms. The van der Waals surface area contributed by atoms with Crippen LogP contribution in [0.1, 0.15) is 11.1 Å². The predicted octanol–water partition coefficient (Wildman–Crippen LogP) is 3.57. The molecule has 2 N–H and O–H groups in total. The quantitative estimate of drug-likeness (QED) is 0.671. The second-order valence-corrected chi connectivity index (χ2v) is 5.85. The first-order chi connectivity index (χ1) is 11.6. The Morgan fingerprint density at radius 1 is 1.25 bits per heavy atom. The molecule has 1 heterocycles. The summed E-state index contributed by atoms with van der Waals surface area (Å²) in [5.41, 5.74) is 2.69. The van der Waals surface area contributed by atoms with Crippen molar-refractivity contribution in [1.29, 1.82) is 0 Å². The van der Waals surface area contributed by atoms with Crippen molar-refractivity contribution in [2.45, 2.75) is 19.0 Å². The lowest BCUT2D eigenvalue weighted by molar-refractivity contribution is -0.138. The van der Waals surface area contributed by atoms with Gasteiger partial charge in [-0.2, -0.15) is 0 Å². The molecule has 1 aromatic heterocycles. The van der Waals surface area contributed by atoms with Crippen LogP contribution in [-0.2, 0) is 17.8 Å². The predicted molar refractivity (Wildman–Crippen MR) is 91.6 cm³/mol. The first-order valence-corrected chi connectivity index (χ1v) is 7.86. The minimum atomic E-state index is -1.01. The van der Waals surface area contributed by atoms with Gasteiger partial charge in [0.1, 0.15) is 11.9 Å². The van der Waals surface area contributed by atoms with E-state index in [1.807, 2.05) is 41.1 Å². The molecule has 24 heavy (non-hydrogen) atoms. The minimum absolute atomic E-state index is 0.259. The number of halogens is 2. The summed E-state index contributed by atoms with van der Waals surface area (Å²) in [6, 6.07) is 13.3. The molecule has 4 nitrogen and oxygen atoms in total. The van der Waals surface area contributed by atoms with Crippen LogP contribution < -0.4 is 4.84 Å².